The molecule has 1 aromatic heterocycles. The van der Waals surface area contributed by atoms with E-state index < -0.39 is 16.0 Å². The van der Waals surface area contributed by atoms with Crippen LogP contribution in [0.15, 0.2) is 60.0 Å². The van der Waals surface area contributed by atoms with Crippen molar-refractivity contribution >= 4 is 33.3 Å². The number of hydrogen-bond donors (Lipinski definition) is 2. The van der Waals surface area contributed by atoms with Crippen molar-refractivity contribution in [2.45, 2.75) is 11.4 Å². The first-order chi connectivity index (χ1) is 12.4. The van der Waals surface area contributed by atoms with Crippen molar-refractivity contribution < 1.29 is 18.3 Å². The van der Waals surface area contributed by atoms with Crippen molar-refractivity contribution in [2.75, 3.05) is 4.72 Å². The van der Waals surface area contributed by atoms with E-state index in [2.05, 4.69) is 14.8 Å². The highest BCUT2D eigenvalue weighted by molar-refractivity contribution is 7.92. The lowest BCUT2D eigenvalue weighted by Crippen LogP contribution is -2.16. The Kier molecular flexibility index (Phi) is 4.92. The number of aromatic nitrogens is 3. The Morgan fingerprint density at radius 3 is 2.65 bits per heavy atom. The molecule has 3 rings (SSSR count). The van der Waals surface area contributed by atoms with Crippen molar-refractivity contribution in [2.24, 2.45) is 0 Å². The number of benzene rings is 2. The highest BCUT2D eigenvalue weighted by Crippen LogP contribution is 2.27. The number of carboxylic acids is 1. The van der Waals surface area contributed by atoms with E-state index in [-0.39, 0.29) is 27.7 Å². The fourth-order valence-electron chi connectivity index (χ4n) is 2.32. The smallest absolute Gasteiger partial charge is 0.335 e. The van der Waals surface area contributed by atoms with E-state index in [0.29, 0.717) is 5.56 Å². The number of carbonyl (C=O) groups is 1. The lowest BCUT2D eigenvalue weighted by molar-refractivity contribution is 0.0697. The molecule has 0 radical (unpaired) electrons. The summed E-state index contributed by atoms with van der Waals surface area (Å²) in [5.74, 6) is -1.15. The molecule has 1 heterocycles. The van der Waals surface area contributed by atoms with E-state index in [1.807, 2.05) is 0 Å². The number of sulfonamides is 1. The number of halogens is 1. The third kappa shape index (κ3) is 3.84. The molecule has 26 heavy (non-hydrogen) atoms. The second-order valence-corrected chi connectivity index (χ2v) is 7.36. The van der Waals surface area contributed by atoms with Gasteiger partial charge in [0.05, 0.1) is 27.7 Å². The average Bonchev–Trinajstić information content (AvgIpc) is 3.10. The highest BCUT2D eigenvalue weighted by Gasteiger charge is 2.20. The van der Waals surface area contributed by atoms with Gasteiger partial charge in [-0.25, -0.2) is 22.9 Å². The molecular formula is C16H13ClN4O4S. The minimum absolute atomic E-state index is 0.0118. The molecule has 0 aliphatic carbocycles. The number of nitrogens with zero attached hydrogens (tertiary/aromatic N) is 3. The zero-order chi connectivity index (χ0) is 18.7. The molecule has 0 amide bonds. The van der Waals surface area contributed by atoms with Gasteiger partial charge in [0.15, 0.2) is 0 Å². The van der Waals surface area contributed by atoms with E-state index in [1.165, 1.54) is 41.6 Å². The van der Waals surface area contributed by atoms with Gasteiger partial charge in [0.25, 0.3) is 10.0 Å². The van der Waals surface area contributed by atoms with Crippen molar-refractivity contribution in [1.82, 2.24) is 14.8 Å². The summed E-state index contributed by atoms with van der Waals surface area (Å²) < 4.78 is 29.5. The van der Waals surface area contributed by atoms with Crippen LogP contribution in [0.25, 0.3) is 0 Å². The van der Waals surface area contributed by atoms with Crippen molar-refractivity contribution in [1.29, 1.82) is 0 Å². The summed E-state index contributed by atoms with van der Waals surface area (Å²) >= 11 is 6.01. The van der Waals surface area contributed by atoms with E-state index in [1.54, 1.807) is 18.2 Å². The second-order valence-electron chi connectivity index (χ2n) is 5.31. The summed E-state index contributed by atoms with van der Waals surface area (Å²) in [6.07, 6.45) is 2.84. The molecule has 0 fully saturated rings. The van der Waals surface area contributed by atoms with Crippen LogP contribution in [-0.2, 0) is 16.6 Å². The van der Waals surface area contributed by atoms with Crippen LogP contribution in [-0.4, -0.2) is 34.3 Å². The second kappa shape index (κ2) is 7.14. The van der Waals surface area contributed by atoms with E-state index in [4.69, 9.17) is 16.7 Å². The summed E-state index contributed by atoms with van der Waals surface area (Å²) in [7, 11) is -3.95. The van der Waals surface area contributed by atoms with Gasteiger partial charge in [0, 0.05) is 0 Å². The van der Waals surface area contributed by atoms with E-state index in [9.17, 15) is 13.2 Å². The average molecular weight is 393 g/mol. The van der Waals surface area contributed by atoms with Crippen LogP contribution in [0, 0.1) is 0 Å². The zero-order valence-electron chi connectivity index (χ0n) is 13.2. The molecule has 0 bridgehead atoms. The standard InChI is InChI=1S/C16H13ClN4O4S/c17-13-7-11(16(22)23)5-6-14(13)20-26(24,25)15-4-2-1-3-12(15)8-21-10-18-9-19-21/h1-7,9-10,20H,8H2,(H,22,23). The molecule has 8 nitrogen and oxygen atoms in total. The number of rotatable bonds is 6. The molecule has 0 spiro atoms. The van der Waals surface area contributed by atoms with Gasteiger partial charge in [-0.2, -0.15) is 5.10 Å². The molecule has 10 heteroatoms. The topological polar surface area (TPSA) is 114 Å². The SMILES string of the molecule is O=C(O)c1ccc(NS(=O)(=O)c2ccccc2Cn2cncn2)c(Cl)c1. The van der Waals surface area contributed by atoms with Gasteiger partial charge in [0.1, 0.15) is 12.7 Å². The molecule has 2 aromatic carbocycles. The van der Waals surface area contributed by atoms with Gasteiger partial charge in [-0.1, -0.05) is 29.8 Å². The van der Waals surface area contributed by atoms with Crippen molar-refractivity contribution in [3.63, 3.8) is 0 Å². The molecule has 0 aliphatic heterocycles. The first-order valence-corrected chi connectivity index (χ1v) is 9.19. The van der Waals surface area contributed by atoms with Gasteiger partial charge in [-0.15, -0.1) is 0 Å². The number of anilines is 1. The Morgan fingerprint density at radius 1 is 1.23 bits per heavy atom. The van der Waals surface area contributed by atoms with Crippen LogP contribution in [0.5, 0.6) is 0 Å². The fourth-order valence-corrected chi connectivity index (χ4v) is 3.91. The summed E-state index contributed by atoms with van der Waals surface area (Å²) in [4.78, 5) is 14.9. The number of carboxylic acid groups (broad SMARTS) is 1. The summed E-state index contributed by atoms with van der Waals surface area (Å²) in [6.45, 7) is 0.225. The first kappa shape index (κ1) is 17.9. The molecule has 0 saturated heterocycles. The Bertz CT molecular complexity index is 1050. The number of hydrogen-bond acceptors (Lipinski definition) is 5. The first-order valence-electron chi connectivity index (χ1n) is 7.33. The molecule has 0 unspecified atom stereocenters. The van der Waals surface area contributed by atoms with Gasteiger partial charge >= 0.3 is 5.97 Å². The van der Waals surface area contributed by atoms with E-state index >= 15 is 0 Å². The Labute approximate surface area is 154 Å². The minimum atomic E-state index is -3.95. The number of aromatic carboxylic acids is 1. The predicted molar refractivity (Wildman–Crippen MR) is 94.8 cm³/mol. The van der Waals surface area contributed by atoms with Gasteiger partial charge in [-0.05, 0) is 29.8 Å². The Morgan fingerprint density at radius 2 is 2.00 bits per heavy atom. The maximum absolute atomic E-state index is 12.8. The van der Waals surface area contributed by atoms with Gasteiger partial charge in [0.2, 0.25) is 0 Å². The summed E-state index contributed by atoms with van der Waals surface area (Å²) in [6, 6.07) is 10.2. The summed E-state index contributed by atoms with van der Waals surface area (Å²) in [5, 5.41) is 12.9. The van der Waals surface area contributed by atoms with Crippen LogP contribution in [0.3, 0.4) is 0 Å². The maximum Gasteiger partial charge on any atom is 0.335 e. The minimum Gasteiger partial charge on any atom is -0.478 e. The highest BCUT2D eigenvalue weighted by atomic mass is 35.5. The predicted octanol–water partition coefficient (Wildman–Crippen LogP) is 2.48. The van der Waals surface area contributed by atoms with Gasteiger partial charge in [-0.3, -0.25) is 4.72 Å². The molecule has 0 saturated carbocycles. The third-order valence-electron chi connectivity index (χ3n) is 3.52. The van der Waals surface area contributed by atoms with Gasteiger partial charge < -0.3 is 5.11 Å². The third-order valence-corrected chi connectivity index (χ3v) is 5.30. The van der Waals surface area contributed by atoms with Crippen LogP contribution in [0.2, 0.25) is 5.02 Å². The maximum atomic E-state index is 12.8. The normalized spacial score (nSPS) is 11.3. The molecule has 134 valence electrons. The van der Waals surface area contributed by atoms with E-state index in [0.717, 1.165) is 0 Å². The van der Waals surface area contributed by atoms with Crippen LogP contribution in [0.1, 0.15) is 15.9 Å². The molecule has 0 atom stereocenters. The summed E-state index contributed by atoms with van der Waals surface area (Å²) in [5.41, 5.74) is 0.570. The van der Waals surface area contributed by atoms with Crippen molar-refractivity contribution in [3.8, 4) is 0 Å². The van der Waals surface area contributed by atoms with Crippen molar-refractivity contribution in [3.05, 3.63) is 71.3 Å². The lowest BCUT2D eigenvalue weighted by Gasteiger charge is -2.13. The van der Waals surface area contributed by atoms with Crippen LogP contribution >= 0.6 is 11.6 Å². The quantitative estimate of drug-likeness (QED) is 0.666. The fraction of sp³-hybridized carbons (Fsp3) is 0.0625. The molecule has 3 aromatic rings. The largest absolute Gasteiger partial charge is 0.478 e. The number of nitrogens with one attached hydrogen (secondary N) is 1. The monoisotopic (exact) mass is 392 g/mol. The molecule has 0 aliphatic rings. The Hall–Kier alpha value is -2.91. The molecular weight excluding hydrogens is 380 g/mol. The van der Waals surface area contributed by atoms with Crippen LogP contribution < -0.4 is 4.72 Å². The molecule has 2 N–H and O–H groups in total. The lowest BCUT2D eigenvalue weighted by atomic mass is 10.2. The Balaban J connectivity index is 1.93. The van der Waals surface area contributed by atoms with Crippen LogP contribution in [0.4, 0.5) is 5.69 Å². The zero-order valence-corrected chi connectivity index (χ0v) is 14.8.